The van der Waals surface area contributed by atoms with E-state index in [2.05, 4.69) is 33.4 Å². The van der Waals surface area contributed by atoms with Gasteiger partial charge in [-0.2, -0.15) is 0 Å². The van der Waals surface area contributed by atoms with Crippen LogP contribution in [0.15, 0.2) is 77.3 Å². The van der Waals surface area contributed by atoms with Gasteiger partial charge in [-0.05, 0) is 51.8 Å². The van der Waals surface area contributed by atoms with E-state index in [0.29, 0.717) is 5.56 Å². The molecule has 0 radical (unpaired) electrons. The van der Waals surface area contributed by atoms with Crippen molar-refractivity contribution >= 4 is 27.5 Å². The summed E-state index contributed by atoms with van der Waals surface area (Å²) < 4.78 is 6.23. The molecule has 0 aromatic heterocycles. The third-order valence-corrected chi connectivity index (χ3v) is 4.59. The second kappa shape index (κ2) is 7.99. The van der Waals surface area contributed by atoms with E-state index in [-0.39, 0.29) is 5.91 Å². The van der Waals surface area contributed by atoms with Crippen molar-refractivity contribution in [2.24, 2.45) is 0 Å². The first-order valence-electron chi connectivity index (χ1n) is 7.94. The summed E-state index contributed by atoms with van der Waals surface area (Å²) in [6.45, 7) is 0. The summed E-state index contributed by atoms with van der Waals surface area (Å²) in [5.74, 6) is 0.658. The second-order valence-electron chi connectivity index (χ2n) is 5.62. The Hall–Kier alpha value is -2.59. The Morgan fingerprint density at radius 3 is 2.44 bits per heavy atom. The van der Waals surface area contributed by atoms with Crippen molar-refractivity contribution in [3.63, 3.8) is 0 Å². The number of amides is 1. The van der Waals surface area contributed by atoms with Crippen LogP contribution in [0, 0.1) is 0 Å². The predicted molar refractivity (Wildman–Crippen MR) is 104 cm³/mol. The molecule has 3 rings (SSSR count). The van der Waals surface area contributed by atoms with E-state index in [0.717, 1.165) is 27.9 Å². The average Bonchev–Trinajstić information content (AvgIpc) is 2.63. The van der Waals surface area contributed by atoms with Crippen molar-refractivity contribution in [2.75, 3.05) is 12.4 Å². The Labute approximate surface area is 155 Å². The maximum atomic E-state index is 12.5. The number of methoxy groups -OCH3 is 1. The van der Waals surface area contributed by atoms with Gasteiger partial charge < -0.3 is 10.1 Å². The van der Waals surface area contributed by atoms with E-state index in [9.17, 15) is 4.79 Å². The standard InChI is InChI=1S/C21H18BrNO2/c1-25-20-12-11-17(14-16(20)13-15-7-3-2-4-8-15)23-21(24)18-9-5-6-10-19(18)22/h2-12,14H,13H2,1H3,(H,23,24). The Morgan fingerprint density at radius 1 is 1.00 bits per heavy atom. The zero-order valence-electron chi connectivity index (χ0n) is 13.8. The number of nitrogens with one attached hydrogen (secondary N) is 1. The molecule has 0 spiro atoms. The number of benzene rings is 3. The molecule has 0 aliphatic rings. The molecule has 0 aliphatic carbocycles. The van der Waals surface area contributed by atoms with Gasteiger partial charge >= 0.3 is 0 Å². The summed E-state index contributed by atoms with van der Waals surface area (Å²) in [6, 6.07) is 23.2. The molecular formula is C21H18BrNO2. The minimum absolute atomic E-state index is 0.150. The smallest absolute Gasteiger partial charge is 0.256 e. The summed E-state index contributed by atoms with van der Waals surface area (Å²) in [7, 11) is 1.66. The van der Waals surface area contributed by atoms with Crippen molar-refractivity contribution < 1.29 is 9.53 Å². The minimum Gasteiger partial charge on any atom is -0.496 e. The van der Waals surface area contributed by atoms with E-state index in [1.54, 1.807) is 13.2 Å². The lowest BCUT2D eigenvalue weighted by Crippen LogP contribution is -2.12. The normalized spacial score (nSPS) is 10.3. The fraction of sp³-hybridized carbons (Fsp3) is 0.0952. The van der Waals surface area contributed by atoms with E-state index < -0.39 is 0 Å². The molecule has 1 amide bonds. The van der Waals surface area contributed by atoms with Gasteiger partial charge in [0.25, 0.3) is 5.91 Å². The topological polar surface area (TPSA) is 38.3 Å². The molecule has 0 fully saturated rings. The highest BCUT2D eigenvalue weighted by Gasteiger charge is 2.11. The SMILES string of the molecule is COc1ccc(NC(=O)c2ccccc2Br)cc1Cc1ccccc1. The van der Waals surface area contributed by atoms with Gasteiger partial charge in [0.2, 0.25) is 0 Å². The highest BCUT2D eigenvalue weighted by Crippen LogP contribution is 2.26. The first kappa shape index (κ1) is 17.2. The summed E-state index contributed by atoms with van der Waals surface area (Å²) in [5, 5.41) is 2.95. The number of carbonyl (C=O) groups excluding carboxylic acids is 1. The molecule has 25 heavy (non-hydrogen) atoms. The van der Waals surface area contributed by atoms with Gasteiger partial charge in [-0.25, -0.2) is 0 Å². The number of ether oxygens (including phenoxy) is 1. The van der Waals surface area contributed by atoms with Gasteiger partial charge in [0.1, 0.15) is 5.75 Å². The van der Waals surface area contributed by atoms with Crippen LogP contribution in [0.4, 0.5) is 5.69 Å². The van der Waals surface area contributed by atoms with Crippen LogP contribution >= 0.6 is 15.9 Å². The van der Waals surface area contributed by atoms with Crippen LogP contribution in [0.25, 0.3) is 0 Å². The first-order valence-corrected chi connectivity index (χ1v) is 8.73. The number of halogens is 1. The van der Waals surface area contributed by atoms with E-state index in [1.807, 2.05) is 54.6 Å². The summed E-state index contributed by atoms with van der Waals surface area (Å²) >= 11 is 3.41. The van der Waals surface area contributed by atoms with Crippen molar-refractivity contribution in [3.05, 3.63) is 94.0 Å². The predicted octanol–water partition coefficient (Wildman–Crippen LogP) is 5.30. The fourth-order valence-electron chi connectivity index (χ4n) is 2.65. The Morgan fingerprint density at radius 2 is 1.72 bits per heavy atom. The van der Waals surface area contributed by atoms with Crippen LogP contribution in [-0.2, 0) is 6.42 Å². The van der Waals surface area contributed by atoms with Crippen LogP contribution in [0.1, 0.15) is 21.5 Å². The Bertz CT molecular complexity index is 878. The lowest BCUT2D eigenvalue weighted by molar-refractivity contribution is 0.102. The molecule has 0 bridgehead atoms. The van der Waals surface area contributed by atoms with Crippen LogP contribution in [0.5, 0.6) is 5.75 Å². The van der Waals surface area contributed by atoms with Crippen LogP contribution in [0.3, 0.4) is 0 Å². The molecule has 3 aromatic carbocycles. The van der Waals surface area contributed by atoms with Gasteiger partial charge in [0, 0.05) is 22.1 Å². The largest absolute Gasteiger partial charge is 0.496 e. The lowest BCUT2D eigenvalue weighted by atomic mass is 10.0. The number of carbonyl (C=O) groups is 1. The highest BCUT2D eigenvalue weighted by molar-refractivity contribution is 9.10. The van der Waals surface area contributed by atoms with E-state index >= 15 is 0 Å². The monoisotopic (exact) mass is 395 g/mol. The summed E-state index contributed by atoms with van der Waals surface area (Å²) in [5.41, 5.74) is 3.56. The molecule has 0 heterocycles. The fourth-order valence-corrected chi connectivity index (χ4v) is 3.12. The molecule has 1 N–H and O–H groups in total. The average molecular weight is 396 g/mol. The lowest BCUT2D eigenvalue weighted by Gasteiger charge is -2.12. The maximum absolute atomic E-state index is 12.5. The van der Waals surface area contributed by atoms with Gasteiger partial charge in [0.05, 0.1) is 12.7 Å². The molecule has 0 saturated carbocycles. The molecule has 4 heteroatoms. The van der Waals surface area contributed by atoms with Gasteiger partial charge in [-0.3, -0.25) is 4.79 Å². The molecule has 3 aromatic rings. The van der Waals surface area contributed by atoms with Crippen molar-refractivity contribution in [2.45, 2.75) is 6.42 Å². The summed E-state index contributed by atoms with van der Waals surface area (Å²) in [6.07, 6.45) is 0.739. The molecule has 0 aliphatic heterocycles. The Balaban J connectivity index is 1.84. The van der Waals surface area contributed by atoms with E-state index in [1.165, 1.54) is 5.56 Å². The quantitative estimate of drug-likeness (QED) is 0.636. The second-order valence-corrected chi connectivity index (χ2v) is 6.48. The molecule has 126 valence electrons. The third kappa shape index (κ3) is 4.28. The van der Waals surface area contributed by atoms with Gasteiger partial charge in [-0.15, -0.1) is 0 Å². The van der Waals surface area contributed by atoms with Crippen LogP contribution in [-0.4, -0.2) is 13.0 Å². The molecule has 3 nitrogen and oxygen atoms in total. The minimum atomic E-state index is -0.150. The van der Waals surface area contributed by atoms with Gasteiger partial charge in [0.15, 0.2) is 0 Å². The number of hydrogen-bond acceptors (Lipinski definition) is 2. The van der Waals surface area contributed by atoms with Crippen LogP contribution in [0.2, 0.25) is 0 Å². The van der Waals surface area contributed by atoms with Crippen molar-refractivity contribution in [1.29, 1.82) is 0 Å². The molecule has 0 atom stereocenters. The number of hydrogen-bond donors (Lipinski definition) is 1. The summed E-state index contributed by atoms with van der Waals surface area (Å²) in [4.78, 5) is 12.5. The third-order valence-electron chi connectivity index (χ3n) is 3.89. The molecule has 0 unspecified atom stereocenters. The van der Waals surface area contributed by atoms with Crippen LogP contribution < -0.4 is 10.1 Å². The zero-order chi connectivity index (χ0) is 17.6. The first-order chi connectivity index (χ1) is 12.2. The highest BCUT2D eigenvalue weighted by atomic mass is 79.9. The van der Waals surface area contributed by atoms with Crippen molar-refractivity contribution in [1.82, 2.24) is 0 Å². The number of rotatable bonds is 5. The molecular weight excluding hydrogens is 378 g/mol. The van der Waals surface area contributed by atoms with E-state index in [4.69, 9.17) is 4.74 Å². The molecule has 0 saturated heterocycles. The Kier molecular flexibility index (Phi) is 5.51. The van der Waals surface area contributed by atoms with Gasteiger partial charge in [-0.1, -0.05) is 42.5 Å². The van der Waals surface area contributed by atoms with Crippen molar-refractivity contribution in [3.8, 4) is 5.75 Å². The zero-order valence-corrected chi connectivity index (χ0v) is 15.4. The number of anilines is 1. The maximum Gasteiger partial charge on any atom is 0.256 e.